The van der Waals surface area contributed by atoms with Gasteiger partial charge in [-0.1, -0.05) is 37.1 Å². The molecule has 0 bridgehead atoms. The lowest BCUT2D eigenvalue weighted by Crippen LogP contribution is -2.54. The second-order valence-corrected chi connectivity index (χ2v) is 7.95. The summed E-state index contributed by atoms with van der Waals surface area (Å²) in [5.74, 6) is -1.87. The highest BCUT2D eigenvalue weighted by molar-refractivity contribution is 6.18. The number of ether oxygens (including phenoxy) is 1. The van der Waals surface area contributed by atoms with E-state index in [9.17, 15) is 19.8 Å². The van der Waals surface area contributed by atoms with Gasteiger partial charge in [0.1, 0.15) is 5.75 Å². The average molecular weight is 370 g/mol. The Balaban J connectivity index is 1.85. The maximum absolute atomic E-state index is 13.4. The third-order valence-corrected chi connectivity index (χ3v) is 6.54. The van der Waals surface area contributed by atoms with Crippen LogP contribution in [0.25, 0.3) is 0 Å². The molecule has 5 nitrogen and oxygen atoms in total. The van der Waals surface area contributed by atoms with E-state index in [4.69, 9.17) is 4.74 Å². The van der Waals surface area contributed by atoms with Crippen molar-refractivity contribution in [2.24, 2.45) is 23.7 Å². The molecule has 0 saturated heterocycles. The van der Waals surface area contributed by atoms with Gasteiger partial charge in [-0.2, -0.15) is 0 Å². The zero-order valence-electron chi connectivity index (χ0n) is 15.7. The molecule has 1 fully saturated rings. The second kappa shape index (κ2) is 6.88. The Bertz CT molecular complexity index is 811. The van der Waals surface area contributed by atoms with Crippen LogP contribution in [-0.4, -0.2) is 40.6 Å². The molecule has 3 aliphatic rings. The first kappa shape index (κ1) is 18.4. The van der Waals surface area contributed by atoms with E-state index in [-0.39, 0.29) is 34.4 Å². The Morgan fingerprint density at radius 3 is 2.59 bits per heavy atom. The lowest BCUT2D eigenvalue weighted by molar-refractivity contribution is -0.0197. The molecular formula is C22H26O5. The zero-order valence-corrected chi connectivity index (χ0v) is 15.7. The predicted octanol–water partition coefficient (Wildman–Crippen LogP) is 3.15. The average Bonchev–Trinajstić information content (AvgIpc) is 2.65. The Kier molecular flexibility index (Phi) is 4.68. The number of ketones is 2. The van der Waals surface area contributed by atoms with Gasteiger partial charge in [-0.15, -0.1) is 0 Å². The third-order valence-electron chi connectivity index (χ3n) is 6.54. The summed E-state index contributed by atoms with van der Waals surface area (Å²) in [4.78, 5) is 26.7. The molecule has 3 aliphatic carbocycles. The van der Waals surface area contributed by atoms with E-state index in [1.807, 2.05) is 13.0 Å². The Hall–Kier alpha value is -1.98. The van der Waals surface area contributed by atoms with Crippen LogP contribution in [-0.2, 0) is 4.74 Å². The number of aromatic hydroxyl groups is 1. The summed E-state index contributed by atoms with van der Waals surface area (Å²) in [6, 6.07) is 4.62. The smallest absolute Gasteiger partial charge is 0.174 e. The van der Waals surface area contributed by atoms with Gasteiger partial charge in [0.2, 0.25) is 0 Å². The molecule has 6 atom stereocenters. The van der Waals surface area contributed by atoms with Crippen LogP contribution in [0.3, 0.4) is 0 Å². The molecule has 27 heavy (non-hydrogen) atoms. The van der Waals surface area contributed by atoms with E-state index < -0.39 is 24.0 Å². The highest BCUT2D eigenvalue weighted by atomic mass is 16.5. The van der Waals surface area contributed by atoms with E-state index in [0.29, 0.717) is 18.9 Å². The van der Waals surface area contributed by atoms with Crippen molar-refractivity contribution in [3.8, 4) is 5.75 Å². The van der Waals surface area contributed by atoms with Gasteiger partial charge in [-0.05, 0) is 31.7 Å². The van der Waals surface area contributed by atoms with E-state index in [1.165, 1.54) is 6.07 Å². The Morgan fingerprint density at radius 2 is 1.89 bits per heavy atom. The topological polar surface area (TPSA) is 83.8 Å². The number of carbonyl (C=O) groups excluding carboxylic acids is 2. The molecule has 0 heterocycles. The molecule has 0 aromatic heterocycles. The Labute approximate surface area is 159 Å². The largest absolute Gasteiger partial charge is 0.507 e. The second-order valence-electron chi connectivity index (χ2n) is 7.95. The van der Waals surface area contributed by atoms with Crippen LogP contribution in [0.4, 0.5) is 0 Å². The van der Waals surface area contributed by atoms with Gasteiger partial charge in [-0.3, -0.25) is 9.59 Å². The third kappa shape index (κ3) is 2.75. The van der Waals surface area contributed by atoms with Gasteiger partial charge in [0.15, 0.2) is 11.6 Å². The van der Waals surface area contributed by atoms with Crippen molar-refractivity contribution in [3.05, 3.63) is 41.0 Å². The van der Waals surface area contributed by atoms with Crippen molar-refractivity contribution in [2.45, 2.75) is 45.3 Å². The van der Waals surface area contributed by atoms with Gasteiger partial charge in [0.25, 0.3) is 0 Å². The molecule has 5 heteroatoms. The molecule has 0 radical (unpaired) electrons. The normalized spacial score (nSPS) is 35.1. The summed E-state index contributed by atoms with van der Waals surface area (Å²) in [6.45, 7) is 4.40. The number of benzene rings is 1. The number of fused-ring (bicyclic) bond motifs is 4. The van der Waals surface area contributed by atoms with Crippen LogP contribution >= 0.6 is 0 Å². The van der Waals surface area contributed by atoms with Crippen LogP contribution in [0.5, 0.6) is 5.75 Å². The highest BCUT2D eigenvalue weighted by Crippen LogP contribution is 2.51. The summed E-state index contributed by atoms with van der Waals surface area (Å²) in [5, 5.41) is 21.1. The molecule has 0 aliphatic heterocycles. The maximum Gasteiger partial charge on any atom is 0.174 e. The molecule has 1 saturated carbocycles. The highest BCUT2D eigenvalue weighted by Gasteiger charge is 2.55. The first-order chi connectivity index (χ1) is 13.0. The number of phenolic OH excluding ortho intramolecular Hbond substituents is 1. The van der Waals surface area contributed by atoms with Gasteiger partial charge in [-0.25, -0.2) is 0 Å². The fourth-order valence-corrected chi connectivity index (χ4v) is 5.32. The number of aliphatic hydroxyl groups is 1. The lowest BCUT2D eigenvalue weighted by Gasteiger charge is -2.48. The van der Waals surface area contributed by atoms with E-state index in [2.05, 4.69) is 6.92 Å². The summed E-state index contributed by atoms with van der Waals surface area (Å²) in [6.07, 6.45) is 3.28. The fourth-order valence-electron chi connectivity index (χ4n) is 5.32. The number of aliphatic hydroxyl groups excluding tert-OH is 1. The number of rotatable bonds is 3. The van der Waals surface area contributed by atoms with Crippen LogP contribution in [0.15, 0.2) is 29.8 Å². The lowest BCUT2D eigenvalue weighted by atomic mass is 9.57. The molecule has 144 valence electrons. The monoisotopic (exact) mass is 370 g/mol. The standard InChI is InChI=1S/C22H26O5/c1-3-11-8-12-10-16(27-4-2)19-20(17(12)15(24)9-11)21(25)13-6-5-7-14(23)18(13)22(19)26/h5-7,10-11,15-17,19-20,23-24H,3-4,8-9H2,1-2H3/t11-,15-,16-,17-,19-,20+/m0/s1. The molecule has 0 amide bonds. The Morgan fingerprint density at radius 1 is 1.11 bits per heavy atom. The molecule has 1 aromatic rings. The first-order valence-corrected chi connectivity index (χ1v) is 9.88. The summed E-state index contributed by atoms with van der Waals surface area (Å²) >= 11 is 0. The minimum absolute atomic E-state index is 0.0991. The van der Waals surface area contributed by atoms with Crippen molar-refractivity contribution in [3.63, 3.8) is 0 Å². The van der Waals surface area contributed by atoms with E-state index in [1.54, 1.807) is 12.1 Å². The number of hydrogen-bond acceptors (Lipinski definition) is 5. The van der Waals surface area contributed by atoms with Crippen LogP contribution in [0.1, 0.15) is 53.8 Å². The van der Waals surface area contributed by atoms with Crippen molar-refractivity contribution in [1.82, 2.24) is 0 Å². The van der Waals surface area contributed by atoms with Crippen molar-refractivity contribution >= 4 is 11.6 Å². The van der Waals surface area contributed by atoms with Crippen molar-refractivity contribution in [1.29, 1.82) is 0 Å². The predicted molar refractivity (Wildman–Crippen MR) is 99.8 cm³/mol. The first-order valence-electron chi connectivity index (χ1n) is 9.88. The van der Waals surface area contributed by atoms with Gasteiger partial charge < -0.3 is 14.9 Å². The number of hydrogen-bond donors (Lipinski definition) is 2. The van der Waals surface area contributed by atoms with Crippen molar-refractivity contribution in [2.75, 3.05) is 6.61 Å². The number of Topliss-reactive ketones (excluding diaryl/α,β-unsaturated/α-hetero) is 2. The van der Waals surface area contributed by atoms with E-state index >= 15 is 0 Å². The minimum Gasteiger partial charge on any atom is -0.507 e. The van der Waals surface area contributed by atoms with Gasteiger partial charge in [0.05, 0.1) is 23.7 Å². The van der Waals surface area contributed by atoms with Gasteiger partial charge in [0, 0.05) is 24.0 Å². The molecular weight excluding hydrogens is 344 g/mol. The summed E-state index contributed by atoms with van der Waals surface area (Å²) in [5.41, 5.74) is 1.41. The number of phenols is 1. The zero-order chi connectivity index (χ0) is 19.3. The SMILES string of the molecule is CCO[C@H]1C=C2C[C@H](CC)C[C@H](O)[C@H]2[C@H]2C(=O)c3cccc(O)c3C(=O)[C@H]21. The molecule has 0 spiro atoms. The quantitative estimate of drug-likeness (QED) is 0.799. The van der Waals surface area contributed by atoms with Crippen LogP contribution in [0, 0.1) is 23.7 Å². The molecule has 2 N–H and O–H groups in total. The fraction of sp³-hybridized carbons (Fsp3) is 0.545. The van der Waals surface area contributed by atoms with E-state index in [0.717, 1.165) is 18.4 Å². The molecule has 1 aromatic carbocycles. The van der Waals surface area contributed by atoms with Crippen LogP contribution < -0.4 is 0 Å². The number of carbonyl (C=O) groups is 2. The molecule has 0 unspecified atom stereocenters. The molecule has 4 rings (SSSR count). The summed E-state index contributed by atoms with van der Waals surface area (Å²) < 4.78 is 5.87. The maximum atomic E-state index is 13.4. The van der Waals surface area contributed by atoms with Gasteiger partial charge >= 0.3 is 0 Å². The minimum atomic E-state index is -0.695. The summed E-state index contributed by atoms with van der Waals surface area (Å²) in [7, 11) is 0. The van der Waals surface area contributed by atoms with Crippen LogP contribution in [0.2, 0.25) is 0 Å². The van der Waals surface area contributed by atoms with Crippen molar-refractivity contribution < 1.29 is 24.5 Å².